The van der Waals surface area contributed by atoms with Gasteiger partial charge in [0.1, 0.15) is 0 Å². The fraction of sp³-hybridized carbons (Fsp3) is 0.292. The lowest BCUT2D eigenvalue weighted by atomic mass is 9.90. The number of aromatic nitrogens is 1. The maximum atomic E-state index is 14.1. The molecule has 4 rings (SSSR count). The molecule has 1 aliphatic carbocycles. The summed E-state index contributed by atoms with van der Waals surface area (Å²) in [4.78, 5) is 27.7. The molecule has 2 aromatic carbocycles. The number of hydrogen-bond acceptors (Lipinski definition) is 5. The quantitative estimate of drug-likeness (QED) is 0.361. The molecule has 1 saturated carbocycles. The first kappa shape index (κ1) is 22.8. The van der Waals surface area contributed by atoms with Crippen molar-refractivity contribution in [2.45, 2.75) is 44.7 Å². The average molecular weight is 472 g/mol. The molecule has 0 spiro atoms. The maximum Gasteiger partial charge on any atom is 0.404 e. The van der Waals surface area contributed by atoms with Crippen molar-refractivity contribution in [3.8, 4) is 16.9 Å². The predicted octanol–water partition coefficient (Wildman–Crippen LogP) is 5.59. The first-order chi connectivity index (χ1) is 15.7. The summed E-state index contributed by atoms with van der Waals surface area (Å²) in [5, 5.41) is 25.2. The Morgan fingerprint density at radius 1 is 1.09 bits per heavy atom. The number of ketones is 1. The molecule has 7 nitrogen and oxygen atoms in total. The standard InChI is InChI=1S/C24H23ClFN3O4/c1-12(30)18-11-27-21-7-2-13(14-9-19(25)23(31)20(26)10-14)8-17(21)22(18)28-15-3-5-16(6-4-15)29-24(32)33/h2,7-11,15-16,29,31H,3-6H2,1H3,(H,27,28)(H,32,33). The highest BCUT2D eigenvalue weighted by molar-refractivity contribution is 6.32. The molecule has 1 fully saturated rings. The zero-order chi connectivity index (χ0) is 23.7. The smallest absolute Gasteiger partial charge is 0.404 e. The van der Waals surface area contributed by atoms with Gasteiger partial charge >= 0.3 is 6.09 Å². The second-order valence-corrected chi connectivity index (χ2v) is 8.67. The minimum Gasteiger partial charge on any atom is -0.504 e. The maximum absolute atomic E-state index is 14.1. The first-order valence-electron chi connectivity index (χ1n) is 10.6. The largest absolute Gasteiger partial charge is 0.504 e. The minimum absolute atomic E-state index is 0.0600. The van der Waals surface area contributed by atoms with E-state index in [9.17, 15) is 19.1 Å². The molecule has 172 valence electrons. The van der Waals surface area contributed by atoms with Crippen molar-refractivity contribution in [1.29, 1.82) is 0 Å². The van der Waals surface area contributed by atoms with Crippen molar-refractivity contribution in [3.05, 3.63) is 52.9 Å². The van der Waals surface area contributed by atoms with Crippen LogP contribution in [0.2, 0.25) is 5.02 Å². The molecule has 4 N–H and O–H groups in total. The van der Waals surface area contributed by atoms with Crippen LogP contribution in [-0.2, 0) is 0 Å². The Hall–Kier alpha value is -3.39. The predicted molar refractivity (Wildman–Crippen MR) is 125 cm³/mol. The summed E-state index contributed by atoms with van der Waals surface area (Å²) in [7, 11) is 0. The van der Waals surface area contributed by atoms with E-state index >= 15 is 0 Å². The number of phenols is 1. The monoisotopic (exact) mass is 471 g/mol. The molecule has 33 heavy (non-hydrogen) atoms. The van der Waals surface area contributed by atoms with Crippen molar-refractivity contribution >= 4 is 40.1 Å². The van der Waals surface area contributed by atoms with Crippen LogP contribution < -0.4 is 10.6 Å². The fourth-order valence-electron chi connectivity index (χ4n) is 4.29. The van der Waals surface area contributed by atoms with Crippen molar-refractivity contribution < 1.29 is 24.2 Å². The van der Waals surface area contributed by atoms with E-state index < -0.39 is 17.7 Å². The van der Waals surface area contributed by atoms with Crippen LogP contribution in [0.1, 0.15) is 43.0 Å². The van der Waals surface area contributed by atoms with Crippen LogP contribution in [0.25, 0.3) is 22.0 Å². The number of rotatable bonds is 5. The number of phenolic OH excluding ortho intramolecular Hbond substituents is 1. The summed E-state index contributed by atoms with van der Waals surface area (Å²) in [5.74, 6) is -1.56. The van der Waals surface area contributed by atoms with Gasteiger partial charge in [0.25, 0.3) is 0 Å². The molecule has 3 aromatic rings. The summed E-state index contributed by atoms with van der Waals surface area (Å²) in [5.41, 5.74) is 2.90. The molecule has 1 heterocycles. The van der Waals surface area contributed by atoms with E-state index in [0.717, 1.165) is 12.8 Å². The molecule has 0 saturated heterocycles. The fourth-order valence-corrected chi connectivity index (χ4v) is 4.50. The van der Waals surface area contributed by atoms with Gasteiger partial charge in [-0.05, 0) is 68.0 Å². The summed E-state index contributed by atoms with van der Waals surface area (Å²) in [6.07, 6.45) is 3.39. The van der Waals surface area contributed by atoms with Gasteiger partial charge in [0, 0.05) is 23.7 Å². The Balaban J connectivity index is 1.71. The Kier molecular flexibility index (Phi) is 6.37. The molecule has 1 aromatic heterocycles. The van der Waals surface area contributed by atoms with Crippen LogP contribution >= 0.6 is 11.6 Å². The summed E-state index contributed by atoms with van der Waals surface area (Å²) < 4.78 is 14.1. The summed E-state index contributed by atoms with van der Waals surface area (Å²) >= 11 is 5.96. The number of carbonyl (C=O) groups is 2. The number of fused-ring (bicyclic) bond motifs is 1. The van der Waals surface area contributed by atoms with E-state index in [1.54, 1.807) is 18.3 Å². The van der Waals surface area contributed by atoms with Crippen LogP contribution in [0.15, 0.2) is 36.5 Å². The molecule has 0 atom stereocenters. The lowest BCUT2D eigenvalue weighted by molar-refractivity contribution is 0.101. The second-order valence-electron chi connectivity index (χ2n) is 8.27. The number of halogens is 2. The number of nitrogens with zero attached hydrogens (tertiary/aromatic N) is 1. The number of pyridine rings is 1. The molecule has 0 aliphatic heterocycles. The number of benzene rings is 2. The van der Waals surface area contributed by atoms with E-state index in [-0.39, 0.29) is 22.9 Å². The highest BCUT2D eigenvalue weighted by Crippen LogP contribution is 2.36. The van der Waals surface area contributed by atoms with Gasteiger partial charge in [-0.2, -0.15) is 0 Å². The number of nitrogens with one attached hydrogen (secondary N) is 2. The summed E-state index contributed by atoms with van der Waals surface area (Å²) in [6, 6.07) is 8.04. The van der Waals surface area contributed by atoms with Gasteiger partial charge in [-0.25, -0.2) is 9.18 Å². The molecule has 9 heteroatoms. The van der Waals surface area contributed by atoms with Crippen LogP contribution in [0.4, 0.5) is 14.9 Å². The van der Waals surface area contributed by atoms with Gasteiger partial charge in [0.2, 0.25) is 0 Å². The van der Waals surface area contributed by atoms with Gasteiger partial charge in [-0.15, -0.1) is 0 Å². The lowest BCUT2D eigenvalue weighted by Crippen LogP contribution is -2.39. The number of Topliss-reactive ketones (excluding diaryl/α,β-unsaturated/α-hetero) is 1. The molecule has 0 unspecified atom stereocenters. The third-order valence-corrected chi connectivity index (χ3v) is 6.29. The average Bonchev–Trinajstić information content (AvgIpc) is 2.77. The van der Waals surface area contributed by atoms with Crippen molar-refractivity contribution in [2.24, 2.45) is 0 Å². The number of hydrogen-bond donors (Lipinski definition) is 4. The Bertz CT molecular complexity index is 1220. The number of carboxylic acid groups (broad SMARTS) is 1. The van der Waals surface area contributed by atoms with Crippen molar-refractivity contribution in [3.63, 3.8) is 0 Å². The van der Waals surface area contributed by atoms with Crippen LogP contribution in [0, 0.1) is 5.82 Å². The van der Waals surface area contributed by atoms with E-state index in [4.69, 9.17) is 16.7 Å². The molecule has 1 amide bonds. The van der Waals surface area contributed by atoms with E-state index in [1.165, 1.54) is 19.1 Å². The zero-order valence-corrected chi connectivity index (χ0v) is 18.6. The SMILES string of the molecule is CC(=O)c1cnc2ccc(-c3cc(F)c(O)c(Cl)c3)cc2c1NC1CCC(NC(=O)O)CC1. The number of anilines is 1. The first-order valence-corrected chi connectivity index (χ1v) is 11.0. The number of amides is 1. The highest BCUT2D eigenvalue weighted by atomic mass is 35.5. The van der Waals surface area contributed by atoms with E-state index in [2.05, 4.69) is 15.6 Å². The van der Waals surface area contributed by atoms with Gasteiger partial charge in [-0.1, -0.05) is 17.7 Å². The molecular weight excluding hydrogens is 449 g/mol. The highest BCUT2D eigenvalue weighted by Gasteiger charge is 2.24. The molecule has 1 aliphatic rings. The molecule has 0 radical (unpaired) electrons. The van der Waals surface area contributed by atoms with Crippen LogP contribution in [0.5, 0.6) is 5.75 Å². The Morgan fingerprint density at radius 3 is 2.42 bits per heavy atom. The summed E-state index contributed by atoms with van der Waals surface area (Å²) in [6.45, 7) is 1.47. The zero-order valence-electron chi connectivity index (χ0n) is 17.9. The normalized spacial score (nSPS) is 18.2. The second kappa shape index (κ2) is 9.23. The van der Waals surface area contributed by atoms with Gasteiger partial charge in [0.05, 0.1) is 21.8 Å². The van der Waals surface area contributed by atoms with Crippen molar-refractivity contribution in [1.82, 2.24) is 10.3 Å². The van der Waals surface area contributed by atoms with Crippen LogP contribution in [0.3, 0.4) is 0 Å². The van der Waals surface area contributed by atoms with Gasteiger partial charge < -0.3 is 20.8 Å². The molecular formula is C24H23ClFN3O4. The number of carbonyl (C=O) groups excluding carboxylic acids is 1. The van der Waals surface area contributed by atoms with Crippen molar-refractivity contribution in [2.75, 3.05) is 5.32 Å². The third kappa shape index (κ3) is 4.85. The topological polar surface area (TPSA) is 112 Å². The van der Waals surface area contributed by atoms with E-state index in [1.807, 2.05) is 6.07 Å². The lowest BCUT2D eigenvalue weighted by Gasteiger charge is -2.30. The van der Waals surface area contributed by atoms with Gasteiger partial charge in [0.15, 0.2) is 17.3 Å². The number of aromatic hydroxyl groups is 1. The Morgan fingerprint density at radius 2 is 1.79 bits per heavy atom. The Labute approximate surface area is 194 Å². The minimum atomic E-state index is -1.02. The van der Waals surface area contributed by atoms with Crippen LogP contribution in [-0.4, -0.2) is 39.2 Å². The third-order valence-electron chi connectivity index (χ3n) is 6.00. The van der Waals surface area contributed by atoms with E-state index in [0.29, 0.717) is 46.1 Å². The molecule has 0 bridgehead atoms. The van der Waals surface area contributed by atoms with Gasteiger partial charge in [-0.3, -0.25) is 9.78 Å².